The molecule has 1 fully saturated rings. The topological polar surface area (TPSA) is 103 Å². The van der Waals surface area contributed by atoms with Gasteiger partial charge in [-0.3, -0.25) is 9.47 Å². The number of halogens is 4. The molecule has 0 saturated carbocycles. The Hall–Kier alpha value is -3.26. The molecule has 1 saturated heterocycles. The summed E-state index contributed by atoms with van der Waals surface area (Å²) in [6.07, 6.45) is -2.82. The highest BCUT2D eigenvalue weighted by Gasteiger charge is 2.39. The third-order valence-electron chi connectivity index (χ3n) is 7.01. The Morgan fingerprint density at radius 1 is 1.07 bits per heavy atom. The molecule has 1 unspecified atom stereocenters. The molecule has 1 amide bonds. The van der Waals surface area contributed by atoms with Crippen LogP contribution in [0.5, 0.6) is 6.01 Å². The number of alkyl halides is 3. The molecule has 0 bridgehead atoms. The number of rotatable bonds is 3. The lowest BCUT2D eigenvalue weighted by Gasteiger charge is -2.45. The van der Waals surface area contributed by atoms with Crippen molar-refractivity contribution < 1.29 is 27.4 Å². The molecule has 0 aliphatic carbocycles. The molecular weight excluding hydrogens is 597 g/mol. The van der Waals surface area contributed by atoms with Gasteiger partial charge in [0.25, 0.3) is 0 Å². The van der Waals surface area contributed by atoms with E-state index in [4.69, 9.17) is 20.2 Å². The van der Waals surface area contributed by atoms with Gasteiger partial charge in [0.05, 0.1) is 29.7 Å². The van der Waals surface area contributed by atoms with Crippen molar-refractivity contribution in [3.05, 3.63) is 46.6 Å². The Morgan fingerprint density at radius 3 is 2.31 bits per heavy atom. The van der Waals surface area contributed by atoms with Gasteiger partial charge in [-0.2, -0.15) is 18.2 Å². The van der Waals surface area contributed by atoms with E-state index in [1.807, 2.05) is 13.8 Å². The van der Waals surface area contributed by atoms with E-state index in [1.54, 1.807) is 36.6 Å². The zero-order valence-corrected chi connectivity index (χ0v) is 25.4. The maximum absolute atomic E-state index is 14.2. The minimum atomic E-state index is -4.66. The summed E-state index contributed by atoms with van der Waals surface area (Å²) in [5.41, 5.74) is -1.92. The lowest BCUT2D eigenvalue weighted by Crippen LogP contribution is -2.59. The first-order chi connectivity index (χ1) is 19.6. The molecule has 0 spiro atoms. The number of carbonyl (C=O) groups excluding carboxylic acids is 1. The minimum absolute atomic E-state index is 0.00398. The van der Waals surface area contributed by atoms with Gasteiger partial charge >= 0.3 is 24.0 Å². The number of nitrogens with zero attached hydrogens (tertiary/aromatic N) is 6. The second-order valence-electron chi connectivity index (χ2n) is 11.5. The van der Waals surface area contributed by atoms with E-state index in [0.29, 0.717) is 5.52 Å². The van der Waals surface area contributed by atoms with Crippen molar-refractivity contribution in [1.29, 1.82) is 0 Å². The van der Waals surface area contributed by atoms with Gasteiger partial charge in [-0.1, -0.05) is 10.7 Å². The SMILES string of the molecule is C[C@@H]1CN(c2nc(=O)n3c4c(cc(C(F)(F)F)cc24)[SH](Cl)C[C@@H](Oc2ncccn2)C3)C[C@H](C)N1C(=O)OC(C)(C)C. The second-order valence-corrected chi connectivity index (χ2v) is 14.3. The molecule has 15 heteroatoms. The number of aromatic nitrogens is 4. The van der Waals surface area contributed by atoms with Gasteiger partial charge in [-0.25, -0.2) is 19.6 Å². The number of amides is 1. The van der Waals surface area contributed by atoms with Crippen LogP contribution >= 0.6 is 20.8 Å². The normalized spacial score (nSPS) is 23.9. The smallest absolute Gasteiger partial charge is 0.416 e. The quantitative estimate of drug-likeness (QED) is 0.404. The number of ether oxygens (including phenoxy) is 2. The fourth-order valence-electron chi connectivity index (χ4n) is 5.42. The average Bonchev–Trinajstić information content (AvgIpc) is 3.01. The summed E-state index contributed by atoms with van der Waals surface area (Å²) >= 11 is 0. The third kappa shape index (κ3) is 6.10. The van der Waals surface area contributed by atoms with Crippen LogP contribution in [0.15, 0.2) is 40.3 Å². The molecule has 2 aliphatic rings. The summed E-state index contributed by atoms with van der Waals surface area (Å²) in [6.45, 7) is 9.43. The van der Waals surface area contributed by atoms with Crippen molar-refractivity contribution >= 4 is 43.6 Å². The number of anilines is 1. The summed E-state index contributed by atoms with van der Waals surface area (Å²) in [4.78, 5) is 42.5. The van der Waals surface area contributed by atoms with Gasteiger partial charge in [0.15, 0.2) is 0 Å². The fourth-order valence-corrected chi connectivity index (χ4v) is 7.76. The fraction of sp³-hybridized carbons (Fsp3) is 0.519. The van der Waals surface area contributed by atoms with Crippen LogP contribution in [-0.2, 0) is 17.5 Å². The highest BCUT2D eigenvalue weighted by Crippen LogP contribution is 2.50. The largest absolute Gasteiger partial charge is 0.457 e. The van der Waals surface area contributed by atoms with Crippen molar-refractivity contribution in [2.45, 2.75) is 76.0 Å². The van der Waals surface area contributed by atoms with Gasteiger partial charge in [0.1, 0.15) is 17.5 Å². The standard InChI is InChI=1S/C27H32ClF3N6O4S/c1-15-11-35(12-16(2)37(15)25(39)41-26(3,4)5)22-19-9-17(27(29,30)31)10-20-21(19)36(24(38)34-22)13-18(14-42(20)28)40-23-32-7-6-8-33-23/h6-10,15-16,18,42H,11-14H2,1-5H3/t15-,16+,18-/m0/s1. The molecule has 1 aromatic carbocycles. The van der Waals surface area contributed by atoms with Crippen molar-refractivity contribution in [3.8, 4) is 6.01 Å². The molecule has 228 valence electrons. The van der Waals surface area contributed by atoms with Gasteiger partial charge < -0.3 is 14.4 Å². The molecule has 0 N–H and O–H groups in total. The summed E-state index contributed by atoms with van der Waals surface area (Å²) in [6, 6.07) is 2.98. The molecule has 4 atom stereocenters. The van der Waals surface area contributed by atoms with Crippen molar-refractivity contribution in [1.82, 2.24) is 24.4 Å². The number of carbonyl (C=O) groups is 1. The van der Waals surface area contributed by atoms with Crippen molar-refractivity contribution in [2.75, 3.05) is 23.7 Å². The van der Waals surface area contributed by atoms with Gasteiger partial charge in [-0.05, 0) is 52.8 Å². The molecule has 0 radical (unpaired) electrons. The van der Waals surface area contributed by atoms with Gasteiger partial charge in [-0.15, -0.1) is 10.1 Å². The van der Waals surface area contributed by atoms with Crippen LogP contribution in [-0.4, -0.2) is 73.1 Å². The predicted octanol–water partition coefficient (Wildman–Crippen LogP) is 5.01. The Balaban J connectivity index is 1.59. The minimum Gasteiger partial charge on any atom is -0.457 e. The van der Waals surface area contributed by atoms with Crippen LogP contribution in [0.4, 0.5) is 23.8 Å². The Kier molecular flexibility index (Phi) is 7.98. The number of piperazine rings is 1. The van der Waals surface area contributed by atoms with E-state index in [9.17, 15) is 22.8 Å². The second kappa shape index (κ2) is 11.1. The number of benzene rings is 1. The first kappa shape index (κ1) is 30.2. The molecule has 3 aromatic rings. The lowest BCUT2D eigenvalue weighted by atomic mass is 10.1. The predicted molar refractivity (Wildman–Crippen MR) is 155 cm³/mol. The Bertz CT molecular complexity index is 1540. The Morgan fingerprint density at radius 2 is 1.71 bits per heavy atom. The van der Waals surface area contributed by atoms with Crippen LogP contribution in [0.3, 0.4) is 0 Å². The molecule has 5 rings (SSSR count). The van der Waals surface area contributed by atoms with E-state index in [0.717, 1.165) is 12.1 Å². The van der Waals surface area contributed by atoms with E-state index in [1.165, 1.54) is 17.0 Å². The molecule has 2 aliphatic heterocycles. The zero-order chi connectivity index (χ0) is 30.6. The molecule has 42 heavy (non-hydrogen) atoms. The summed E-state index contributed by atoms with van der Waals surface area (Å²) in [5.74, 6) is 0.289. The number of hydrogen-bond donors (Lipinski definition) is 1. The van der Waals surface area contributed by atoms with E-state index < -0.39 is 45.3 Å². The van der Waals surface area contributed by atoms with E-state index in [-0.39, 0.29) is 59.6 Å². The first-order valence-electron chi connectivity index (χ1n) is 13.4. The zero-order valence-electron chi connectivity index (χ0n) is 23.7. The van der Waals surface area contributed by atoms with Crippen LogP contribution in [0.1, 0.15) is 40.2 Å². The van der Waals surface area contributed by atoms with Crippen LogP contribution < -0.4 is 15.3 Å². The highest BCUT2D eigenvalue weighted by atomic mass is 35.7. The van der Waals surface area contributed by atoms with E-state index >= 15 is 0 Å². The van der Waals surface area contributed by atoms with Crippen LogP contribution in [0.2, 0.25) is 0 Å². The van der Waals surface area contributed by atoms with Crippen LogP contribution in [0, 0.1) is 0 Å². The van der Waals surface area contributed by atoms with E-state index in [2.05, 4.69) is 15.0 Å². The van der Waals surface area contributed by atoms with Gasteiger partial charge in [0.2, 0.25) is 0 Å². The monoisotopic (exact) mass is 628 g/mol. The van der Waals surface area contributed by atoms with Gasteiger partial charge in [0, 0.05) is 41.5 Å². The van der Waals surface area contributed by atoms with Crippen molar-refractivity contribution in [3.63, 3.8) is 0 Å². The Labute approximate surface area is 247 Å². The molecule has 10 nitrogen and oxygen atoms in total. The summed E-state index contributed by atoms with van der Waals surface area (Å²) in [5, 5.41) is 0.161. The maximum atomic E-state index is 14.2. The highest BCUT2D eigenvalue weighted by molar-refractivity contribution is 8.36. The number of thiol groups is 1. The lowest BCUT2D eigenvalue weighted by molar-refractivity contribution is -0.137. The maximum Gasteiger partial charge on any atom is 0.416 e. The number of hydrogen-bond acceptors (Lipinski definition) is 8. The first-order valence-corrected chi connectivity index (χ1v) is 15.8. The average molecular weight is 629 g/mol. The molecule has 4 heterocycles. The summed E-state index contributed by atoms with van der Waals surface area (Å²) in [7, 11) is 5.12. The van der Waals surface area contributed by atoms with Crippen molar-refractivity contribution in [2.24, 2.45) is 0 Å². The molecular formula is C27H32ClF3N6O4S. The summed E-state index contributed by atoms with van der Waals surface area (Å²) < 4.78 is 55.3. The van der Waals surface area contributed by atoms with Crippen LogP contribution in [0.25, 0.3) is 10.9 Å². The molecule has 2 aromatic heterocycles. The third-order valence-corrected chi connectivity index (χ3v) is 9.56.